The van der Waals surface area contributed by atoms with Crippen LogP contribution in [0.3, 0.4) is 0 Å². The summed E-state index contributed by atoms with van der Waals surface area (Å²) in [6.07, 6.45) is 4.23. The number of nitrogens with one attached hydrogen (secondary N) is 1. The zero-order valence-electron chi connectivity index (χ0n) is 14.2. The first-order valence-electron chi connectivity index (χ1n) is 8.32. The zero-order chi connectivity index (χ0) is 16.1. The summed E-state index contributed by atoms with van der Waals surface area (Å²) in [7, 11) is 0. The molecule has 0 spiro atoms. The molecule has 0 unspecified atom stereocenters. The largest absolute Gasteiger partial charge is 0.367 e. The summed E-state index contributed by atoms with van der Waals surface area (Å²) in [5, 5.41) is 3.49. The lowest BCUT2D eigenvalue weighted by Crippen LogP contribution is -2.42. The molecular formula is C17H28N4O. The van der Waals surface area contributed by atoms with Gasteiger partial charge in [-0.1, -0.05) is 27.7 Å². The van der Waals surface area contributed by atoms with Gasteiger partial charge in [0.2, 0.25) is 5.91 Å². The van der Waals surface area contributed by atoms with Gasteiger partial charge in [0.1, 0.15) is 12.1 Å². The number of piperidine rings is 1. The number of hydrogen-bond donors (Lipinski definition) is 1. The Labute approximate surface area is 133 Å². The molecule has 1 N–H and O–H groups in total. The first kappa shape index (κ1) is 16.7. The van der Waals surface area contributed by atoms with E-state index < -0.39 is 0 Å². The van der Waals surface area contributed by atoms with Gasteiger partial charge in [0.15, 0.2) is 0 Å². The molecule has 0 aromatic carbocycles. The Kier molecular flexibility index (Phi) is 5.75. The fourth-order valence-electron chi connectivity index (χ4n) is 2.73. The minimum Gasteiger partial charge on any atom is -0.367 e. The Morgan fingerprint density at radius 3 is 2.55 bits per heavy atom. The average Bonchev–Trinajstić information content (AvgIpc) is 2.47. The molecule has 5 heteroatoms. The topological polar surface area (TPSA) is 58.1 Å². The SMILES string of the molecule is CC(C)CC(=O)N1CCC(Nc2cc(C(C)C)ncn2)CC1. The second-order valence-electron chi connectivity index (χ2n) is 6.88. The number of carbonyl (C=O) groups is 1. The molecule has 1 aromatic rings. The lowest BCUT2D eigenvalue weighted by atomic mass is 10.0. The van der Waals surface area contributed by atoms with Crippen LogP contribution in [0.1, 0.15) is 58.6 Å². The highest BCUT2D eigenvalue weighted by molar-refractivity contribution is 5.76. The number of nitrogens with zero attached hydrogens (tertiary/aromatic N) is 3. The molecule has 0 bridgehead atoms. The molecule has 5 nitrogen and oxygen atoms in total. The van der Waals surface area contributed by atoms with Gasteiger partial charge in [0.25, 0.3) is 0 Å². The van der Waals surface area contributed by atoms with Crippen LogP contribution < -0.4 is 5.32 Å². The summed E-state index contributed by atoms with van der Waals surface area (Å²) in [4.78, 5) is 22.7. The maximum atomic E-state index is 12.1. The average molecular weight is 304 g/mol. The van der Waals surface area contributed by atoms with Crippen molar-refractivity contribution in [1.29, 1.82) is 0 Å². The van der Waals surface area contributed by atoms with Crippen molar-refractivity contribution >= 4 is 11.7 Å². The van der Waals surface area contributed by atoms with Crippen molar-refractivity contribution in [2.24, 2.45) is 5.92 Å². The minimum atomic E-state index is 0.289. The Balaban J connectivity index is 1.85. The standard InChI is InChI=1S/C17H28N4O/c1-12(2)9-17(22)21-7-5-14(6-8-21)20-16-10-15(13(3)4)18-11-19-16/h10-14H,5-9H2,1-4H3,(H,18,19,20). The van der Waals surface area contributed by atoms with E-state index in [0.717, 1.165) is 37.4 Å². The number of anilines is 1. The van der Waals surface area contributed by atoms with Gasteiger partial charge in [-0.05, 0) is 24.7 Å². The van der Waals surface area contributed by atoms with Gasteiger partial charge in [0, 0.05) is 37.3 Å². The van der Waals surface area contributed by atoms with Gasteiger partial charge in [-0.25, -0.2) is 9.97 Å². The van der Waals surface area contributed by atoms with Gasteiger partial charge >= 0.3 is 0 Å². The molecule has 0 atom stereocenters. The predicted octanol–water partition coefficient (Wildman–Crippen LogP) is 3.05. The van der Waals surface area contributed by atoms with Crippen LogP contribution in [-0.4, -0.2) is 39.9 Å². The van der Waals surface area contributed by atoms with Crippen molar-refractivity contribution in [3.05, 3.63) is 18.1 Å². The first-order valence-corrected chi connectivity index (χ1v) is 8.32. The third-order valence-electron chi connectivity index (χ3n) is 4.06. The Hall–Kier alpha value is -1.65. The second kappa shape index (κ2) is 7.56. The van der Waals surface area contributed by atoms with Gasteiger partial charge in [-0.2, -0.15) is 0 Å². The van der Waals surface area contributed by atoms with E-state index in [1.807, 2.05) is 11.0 Å². The second-order valence-corrected chi connectivity index (χ2v) is 6.88. The fourth-order valence-corrected chi connectivity index (χ4v) is 2.73. The van der Waals surface area contributed by atoms with E-state index in [0.29, 0.717) is 24.3 Å². The molecule has 0 aliphatic carbocycles. The normalized spacial score (nSPS) is 16.4. The van der Waals surface area contributed by atoms with E-state index in [4.69, 9.17) is 0 Å². The number of carbonyl (C=O) groups excluding carboxylic acids is 1. The molecule has 1 aliphatic rings. The molecule has 0 saturated carbocycles. The van der Waals surface area contributed by atoms with Crippen LogP contribution in [0.25, 0.3) is 0 Å². The van der Waals surface area contributed by atoms with Crippen molar-refractivity contribution in [3.8, 4) is 0 Å². The molecular weight excluding hydrogens is 276 g/mol. The summed E-state index contributed by atoms with van der Waals surface area (Å²) in [6.45, 7) is 10.1. The van der Waals surface area contributed by atoms with Crippen LogP contribution in [0.5, 0.6) is 0 Å². The maximum absolute atomic E-state index is 12.1. The Bertz CT molecular complexity index is 493. The molecule has 1 aliphatic heterocycles. The molecule has 0 radical (unpaired) electrons. The quantitative estimate of drug-likeness (QED) is 0.908. The molecule has 2 heterocycles. The zero-order valence-corrected chi connectivity index (χ0v) is 14.2. The van der Waals surface area contributed by atoms with E-state index >= 15 is 0 Å². The van der Waals surface area contributed by atoms with Gasteiger partial charge < -0.3 is 10.2 Å². The number of aromatic nitrogens is 2. The molecule has 1 fully saturated rings. The van der Waals surface area contributed by atoms with Gasteiger partial charge in [-0.3, -0.25) is 4.79 Å². The van der Waals surface area contributed by atoms with Crippen LogP contribution in [0, 0.1) is 5.92 Å². The van der Waals surface area contributed by atoms with Crippen molar-refractivity contribution in [2.75, 3.05) is 18.4 Å². The van der Waals surface area contributed by atoms with Gasteiger partial charge in [-0.15, -0.1) is 0 Å². The molecule has 1 amide bonds. The maximum Gasteiger partial charge on any atom is 0.222 e. The van der Waals surface area contributed by atoms with Crippen molar-refractivity contribution < 1.29 is 4.79 Å². The van der Waals surface area contributed by atoms with Crippen LogP contribution in [0.15, 0.2) is 12.4 Å². The Morgan fingerprint density at radius 1 is 1.27 bits per heavy atom. The number of amides is 1. The molecule has 1 aromatic heterocycles. The van der Waals surface area contributed by atoms with Crippen LogP contribution in [-0.2, 0) is 4.79 Å². The highest BCUT2D eigenvalue weighted by Gasteiger charge is 2.23. The molecule has 1 saturated heterocycles. The van der Waals surface area contributed by atoms with E-state index in [-0.39, 0.29) is 5.91 Å². The van der Waals surface area contributed by atoms with Crippen LogP contribution >= 0.6 is 0 Å². The van der Waals surface area contributed by atoms with E-state index in [9.17, 15) is 4.79 Å². The summed E-state index contributed by atoms with van der Waals surface area (Å²) >= 11 is 0. The van der Waals surface area contributed by atoms with E-state index in [1.54, 1.807) is 6.33 Å². The van der Waals surface area contributed by atoms with E-state index in [2.05, 4.69) is 43.0 Å². The first-order chi connectivity index (χ1) is 10.5. The van der Waals surface area contributed by atoms with E-state index in [1.165, 1.54) is 0 Å². The monoisotopic (exact) mass is 304 g/mol. The third-order valence-corrected chi connectivity index (χ3v) is 4.06. The fraction of sp³-hybridized carbons (Fsp3) is 0.706. The highest BCUT2D eigenvalue weighted by atomic mass is 16.2. The smallest absolute Gasteiger partial charge is 0.222 e. The van der Waals surface area contributed by atoms with Crippen LogP contribution in [0.4, 0.5) is 5.82 Å². The van der Waals surface area contributed by atoms with Crippen molar-refractivity contribution in [2.45, 2.75) is 58.9 Å². The Morgan fingerprint density at radius 2 is 1.95 bits per heavy atom. The lowest BCUT2D eigenvalue weighted by Gasteiger charge is -2.33. The summed E-state index contributed by atoms with van der Waals surface area (Å²) in [5.74, 6) is 2.01. The predicted molar refractivity (Wildman–Crippen MR) is 88.8 cm³/mol. The minimum absolute atomic E-state index is 0.289. The lowest BCUT2D eigenvalue weighted by molar-refractivity contribution is -0.132. The van der Waals surface area contributed by atoms with Gasteiger partial charge in [0.05, 0.1) is 0 Å². The number of hydrogen-bond acceptors (Lipinski definition) is 4. The van der Waals surface area contributed by atoms with Crippen molar-refractivity contribution in [1.82, 2.24) is 14.9 Å². The number of likely N-dealkylation sites (tertiary alicyclic amines) is 1. The van der Waals surface area contributed by atoms with Crippen LogP contribution in [0.2, 0.25) is 0 Å². The molecule has 122 valence electrons. The summed E-state index contributed by atoms with van der Waals surface area (Å²) < 4.78 is 0. The molecule has 2 rings (SSSR count). The molecule has 22 heavy (non-hydrogen) atoms. The summed E-state index contributed by atoms with van der Waals surface area (Å²) in [6, 6.07) is 2.42. The summed E-state index contributed by atoms with van der Waals surface area (Å²) in [5.41, 5.74) is 1.06. The number of rotatable bonds is 5. The van der Waals surface area contributed by atoms with Crippen molar-refractivity contribution in [3.63, 3.8) is 0 Å². The highest BCUT2D eigenvalue weighted by Crippen LogP contribution is 2.19. The third kappa shape index (κ3) is 4.68.